The maximum Gasteiger partial charge on any atom is 0.226 e. The van der Waals surface area contributed by atoms with Gasteiger partial charge in [0, 0.05) is 18.7 Å². The molecule has 2 N–H and O–H groups in total. The quantitative estimate of drug-likeness (QED) is 0.834. The first-order chi connectivity index (χ1) is 11.0. The number of hydrogen-bond acceptors (Lipinski definition) is 2. The molecule has 2 aromatic carbocycles. The summed E-state index contributed by atoms with van der Waals surface area (Å²) in [7, 11) is 0. The van der Waals surface area contributed by atoms with Gasteiger partial charge < -0.3 is 10.6 Å². The van der Waals surface area contributed by atoms with Crippen LogP contribution in [-0.2, 0) is 16.0 Å². The van der Waals surface area contributed by atoms with Crippen molar-refractivity contribution in [2.45, 2.75) is 12.8 Å². The van der Waals surface area contributed by atoms with E-state index >= 15 is 0 Å². The third-order valence-electron chi connectivity index (χ3n) is 3.09. The molecule has 0 spiro atoms. The minimum absolute atomic E-state index is 0.112. The van der Waals surface area contributed by atoms with Crippen molar-refractivity contribution in [1.29, 1.82) is 0 Å². The van der Waals surface area contributed by atoms with E-state index in [1.807, 2.05) is 30.3 Å². The van der Waals surface area contributed by atoms with Gasteiger partial charge in [0.1, 0.15) is 0 Å². The number of rotatable bonds is 6. The monoisotopic (exact) mass is 350 g/mol. The van der Waals surface area contributed by atoms with E-state index in [0.29, 0.717) is 22.2 Å². The number of amides is 2. The van der Waals surface area contributed by atoms with Crippen LogP contribution < -0.4 is 10.6 Å². The molecule has 0 heterocycles. The topological polar surface area (TPSA) is 58.2 Å². The van der Waals surface area contributed by atoms with E-state index in [-0.39, 0.29) is 24.8 Å². The maximum atomic E-state index is 11.8. The molecule has 0 aliphatic carbocycles. The van der Waals surface area contributed by atoms with Crippen LogP contribution in [0.25, 0.3) is 0 Å². The summed E-state index contributed by atoms with van der Waals surface area (Å²) in [6.07, 6.45) is 0.482. The van der Waals surface area contributed by atoms with Gasteiger partial charge in [0.2, 0.25) is 11.8 Å². The first-order valence-electron chi connectivity index (χ1n) is 7.10. The predicted molar refractivity (Wildman–Crippen MR) is 92.9 cm³/mol. The highest BCUT2D eigenvalue weighted by atomic mass is 35.5. The average molecular weight is 351 g/mol. The number of halogens is 2. The fourth-order valence-electron chi connectivity index (χ4n) is 1.96. The van der Waals surface area contributed by atoms with Crippen molar-refractivity contribution in [2.75, 3.05) is 11.9 Å². The van der Waals surface area contributed by atoms with Gasteiger partial charge in [0.05, 0.1) is 16.5 Å². The lowest BCUT2D eigenvalue weighted by molar-refractivity contribution is -0.120. The minimum Gasteiger partial charge on any atom is -0.355 e. The molecule has 0 aliphatic heterocycles. The smallest absolute Gasteiger partial charge is 0.226 e. The van der Waals surface area contributed by atoms with Crippen molar-refractivity contribution in [2.24, 2.45) is 0 Å². The number of carbonyl (C=O) groups excluding carboxylic acids is 2. The highest BCUT2D eigenvalue weighted by Crippen LogP contribution is 2.24. The van der Waals surface area contributed by atoms with Gasteiger partial charge in [0.15, 0.2) is 0 Å². The number of nitrogens with one attached hydrogen (secondary N) is 2. The molecule has 6 heteroatoms. The fraction of sp³-hybridized carbons (Fsp3) is 0.176. The van der Waals surface area contributed by atoms with E-state index < -0.39 is 0 Å². The molecule has 4 nitrogen and oxygen atoms in total. The molecule has 0 atom stereocenters. The van der Waals surface area contributed by atoms with Crippen molar-refractivity contribution < 1.29 is 9.59 Å². The van der Waals surface area contributed by atoms with Crippen LogP contribution in [0.5, 0.6) is 0 Å². The average Bonchev–Trinajstić information content (AvgIpc) is 2.52. The van der Waals surface area contributed by atoms with Crippen molar-refractivity contribution in [1.82, 2.24) is 5.32 Å². The molecule has 2 rings (SSSR count). The lowest BCUT2D eigenvalue weighted by Gasteiger charge is -2.07. The van der Waals surface area contributed by atoms with Crippen molar-refractivity contribution in [3.63, 3.8) is 0 Å². The number of anilines is 1. The standard InChI is InChI=1S/C17H16Cl2N2O2/c18-14-7-6-13(11-15(14)19)21-16(22)8-9-20-17(23)10-12-4-2-1-3-5-12/h1-7,11H,8-10H2,(H,20,23)(H,21,22). The predicted octanol–water partition coefficient (Wildman–Crippen LogP) is 3.68. The Labute approximate surface area is 144 Å². The van der Waals surface area contributed by atoms with Crippen LogP contribution in [-0.4, -0.2) is 18.4 Å². The second kappa shape index (κ2) is 8.56. The molecule has 120 valence electrons. The van der Waals surface area contributed by atoms with Crippen LogP contribution in [0.1, 0.15) is 12.0 Å². The Morgan fingerprint density at radius 1 is 0.913 bits per heavy atom. The van der Waals surface area contributed by atoms with Crippen LogP contribution in [0, 0.1) is 0 Å². The van der Waals surface area contributed by atoms with Crippen molar-refractivity contribution in [3.8, 4) is 0 Å². The van der Waals surface area contributed by atoms with Gasteiger partial charge in [-0.05, 0) is 23.8 Å². The van der Waals surface area contributed by atoms with Gasteiger partial charge in [-0.3, -0.25) is 9.59 Å². The SMILES string of the molecule is O=C(Cc1ccccc1)NCCC(=O)Nc1ccc(Cl)c(Cl)c1. The summed E-state index contributed by atoms with van der Waals surface area (Å²) in [5, 5.41) is 6.23. The van der Waals surface area contributed by atoms with Crippen LogP contribution >= 0.6 is 23.2 Å². The molecule has 0 saturated heterocycles. The van der Waals surface area contributed by atoms with Crippen LogP contribution in [0.15, 0.2) is 48.5 Å². The van der Waals surface area contributed by atoms with E-state index in [0.717, 1.165) is 5.56 Å². The van der Waals surface area contributed by atoms with E-state index in [1.54, 1.807) is 18.2 Å². The van der Waals surface area contributed by atoms with Gasteiger partial charge >= 0.3 is 0 Å². The molecular formula is C17H16Cl2N2O2. The molecule has 2 aromatic rings. The number of benzene rings is 2. The zero-order chi connectivity index (χ0) is 16.7. The Kier molecular flexibility index (Phi) is 6.44. The van der Waals surface area contributed by atoms with Gasteiger partial charge in [-0.2, -0.15) is 0 Å². The molecule has 0 fully saturated rings. The minimum atomic E-state index is -0.205. The van der Waals surface area contributed by atoms with Crippen molar-refractivity contribution in [3.05, 3.63) is 64.1 Å². The number of carbonyl (C=O) groups is 2. The molecule has 23 heavy (non-hydrogen) atoms. The molecule has 0 bridgehead atoms. The van der Waals surface area contributed by atoms with E-state index in [1.165, 1.54) is 0 Å². The Bertz CT molecular complexity index is 690. The Morgan fingerprint density at radius 3 is 2.35 bits per heavy atom. The first kappa shape index (κ1) is 17.3. The summed E-state index contributed by atoms with van der Waals surface area (Å²) in [5.74, 6) is -0.318. The largest absolute Gasteiger partial charge is 0.355 e. The Balaban J connectivity index is 1.72. The van der Waals surface area contributed by atoms with Gasteiger partial charge in [0.25, 0.3) is 0 Å². The summed E-state index contributed by atoms with van der Waals surface area (Å²) in [4.78, 5) is 23.6. The van der Waals surface area contributed by atoms with Gasteiger partial charge in [-0.15, -0.1) is 0 Å². The number of hydrogen-bond donors (Lipinski definition) is 2. The highest BCUT2D eigenvalue weighted by Gasteiger charge is 2.07. The fourth-order valence-corrected chi connectivity index (χ4v) is 2.25. The van der Waals surface area contributed by atoms with Crippen LogP contribution in [0.4, 0.5) is 5.69 Å². The molecule has 0 saturated carbocycles. The van der Waals surface area contributed by atoms with Crippen molar-refractivity contribution >= 4 is 40.7 Å². The summed E-state index contributed by atoms with van der Waals surface area (Å²) < 4.78 is 0. The third kappa shape index (κ3) is 5.93. The second-order valence-electron chi connectivity index (χ2n) is 4.94. The summed E-state index contributed by atoms with van der Waals surface area (Å²) >= 11 is 11.7. The molecule has 0 aromatic heterocycles. The Hall–Kier alpha value is -2.04. The molecule has 0 radical (unpaired) electrons. The molecule has 2 amide bonds. The zero-order valence-corrected chi connectivity index (χ0v) is 13.8. The van der Waals surface area contributed by atoms with E-state index in [2.05, 4.69) is 10.6 Å². The van der Waals surface area contributed by atoms with Crippen LogP contribution in [0.3, 0.4) is 0 Å². The first-order valence-corrected chi connectivity index (χ1v) is 7.86. The molecule has 0 aliphatic rings. The normalized spacial score (nSPS) is 10.2. The summed E-state index contributed by atoms with van der Waals surface area (Å²) in [6.45, 7) is 0.277. The molecule has 0 unspecified atom stereocenters. The summed E-state index contributed by atoms with van der Waals surface area (Å²) in [5.41, 5.74) is 1.50. The maximum absolute atomic E-state index is 11.8. The summed E-state index contributed by atoms with van der Waals surface area (Å²) in [6, 6.07) is 14.3. The lowest BCUT2D eigenvalue weighted by atomic mass is 10.1. The van der Waals surface area contributed by atoms with Gasteiger partial charge in [-0.1, -0.05) is 53.5 Å². The molecular weight excluding hydrogens is 335 g/mol. The third-order valence-corrected chi connectivity index (χ3v) is 3.82. The lowest BCUT2D eigenvalue weighted by Crippen LogP contribution is -2.28. The zero-order valence-electron chi connectivity index (χ0n) is 12.3. The van der Waals surface area contributed by atoms with E-state index in [9.17, 15) is 9.59 Å². The highest BCUT2D eigenvalue weighted by molar-refractivity contribution is 6.42. The second-order valence-corrected chi connectivity index (χ2v) is 5.75. The van der Waals surface area contributed by atoms with E-state index in [4.69, 9.17) is 23.2 Å². The Morgan fingerprint density at radius 2 is 1.65 bits per heavy atom. The van der Waals surface area contributed by atoms with Crippen LogP contribution in [0.2, 0.25) is 10.0 Å². The van der Waals surface area contributed by atoms with Gasteiger partial charge in [-0.25, -0.2) is 0 Å².